The van der Waals surface area contributed by atoms with Gasteiger partial charge in [0.25, 0.3) is 11.1 Å². The first-order valence-corrected chi connectivity index (χ1v) is 9.12. The second kappa shape index (κ2) is 8.00. The summed E-state index contributed by atoms with van der Waals surface area (Å²) in [5, 5.41) is 13.4. The predicted octanol–water partition coefficient (Wildman–Crippen LogP) is 2.45. The summed E-state index contributed by atoms with van der Waals surface area (Å²) in [6, 6.07) is 15.4. The number of hydrogen-bond acceptors (Lipinski definition) is 6. The van der Waals surface area contributed by atoms with Gasteiger partial charge in [-0.15, -0.1) is 0 Å². The van der Waals surface area contributed by atoms with Crippen LogP contribution in [0.15, 0.2) is 80.9 Å². The number of furan rings is 1. The SMILES string of the molecule is CC(C(=O)Nc1ccc(-c2ccc(=O)[nH]n2)cc1)n1nc(-c2ccco2)ccc1=O. The van der Waals surface area contributed by atoms with Crippen molar-refractivity contribution in [2.24, 2.45) is 0 Å². The number of benzene rings is 1. The van der Waals surface area contributed by atoms with Gasteiger partial charge >= 0.3 is 0 Å². The van der Waals surface area contributed by atoms with Crippen LogP contribution in [-0.4, -0.2) is 25.9 Å². The molecule has 0 spiro atoms. The van der Waals surface area contributed by atoms with Gasteiger partial charge in [-0.3, -0.25) is 14.4 Å². The molecule has 1 aromatic carbocycles. The normalized spacial score (nSPS) is 11.8. The quantitative estimate of drug-likeness (QED) is 0.528. The summed E-state index contributed by atoms with van der Waals surface area (Å²) in [4.78, 5) is 36.0. The van der Waals surface area contributed by atoms with Crippen molar-refractivity contribution in [3.05, 3.63) is 87.6 Å². The molecule has 0 aliphatic carbocycles. The molecule has 0 saturated carbocycles. The molecule has 30 heavy (non-hydrogen) atoms. The molecule has 4 rings (SSSR count). The summed E-state index contributed by atoms with van der Waals surface area (Å²) in [5.74, 6) is 0.110. The van der Waals surface area contributed by atoms with Crippen molar-refractivity contribution in [2.45, 2.75) is 13.0 Å². The van der Waals surface area contributed by atoms with Crippen LogP contribution < -0.4 is 16.4 Å². The van der Waals surface area contributed by atoms with Crippen LogP contribution in [0, 0.1) is 0 Å². The molecule has 9 nitrogen and oxygen atoms in total. The average Bonchev–Trinajstić information content (AvgIpc) is 3.30. The third-order valence-corrected chi connectivity index (χ3v) is 4.47. The molecule has 0 radical (unpaired) electrons. The maximum absolute atomic E-state index is 12.7. The van der Waals surface area contributed by atoms with Crippen molar-refractivity contribution in [2.75, 3.05) is 5.32 Å². The molecule has 1 amide bonds. The molecule has 150 valence electrons. The fraction of sp³-hybridized carbons (Fsp3) is 0.0952. The summed E-state index contributed by atoms with van der Waals surface area (Å²) in [5.41, 5.74) is 1.71. The first-order chi connectivity index (χ1) is 14.5. The molecule has 2 N–H and O–H groups in total. The number of hydrogen-bond donors (Lipinski definition) is 2. The van der Waals surface area contributed by atoms with E-state index in [4.69, 9.17) is 4.42 Å². The highest BCUT2D eigenvalue weighted by Gasteiger charge is 2.19. The summed E-state index contributed by atoms with van der Waals surface area (Å²) in [6.07, 6.45) is 1.51. The zero-order chi connectivity index (χ0) is 21.1. The highest BCUT2D eigenvalue weighted by molar-refractivity contribution is 5.93. The van der Waals surface area contributed by atoms with Crippen molar-refractivity contribution in [1.29, 1.82) is 0 Å². The van der Waals surface area contributed by atoms with E-state index in [0.29, 0.717) is 22.8 Å². The molecule has 3 aromatic heterocycles. The van der Waals surface area contributed by atoms with Crippen LogP contribution in [0.3, 0.4) is 0 Å². The second-order valence-electron chi connectivity index (χ2n) is 6.53. The molecule has 0 saturated heterocycles. The molecule has 3 heterocycles. The second-order valence-corrected chi connectivity index (χ2v) is 6.53. The molecule has 0 aliphatic rings. The number of anilines is 1. The number of nitrogens with one attached hydrogen (secondary N) is 2. The monoisotopic (exact) mass is 403 g/mol. The summed E-state index contributed by atoms with van der Waals surface area (Å²) >= 11 is 0. The van der Waals surface area contributed by atoms with Gasteiger partial charge in [0, 0.05) is 23.4 Å². The van der Waals surface area contributed by atoms with Crippen molar-refractivity contribution in [3.8, 4) is 22.7 Å². The standard InChI is InChI=1S/C21H17N5O4/c1-13(26-20(28)11-9-17(25-26)18-3-2-12-30-18)21(29)22-15-6-4-14(5-7-15)16-8-10-19(27)24-23-16/h2-13H,1H3,(H,22,29)(H,24,27). The summed E-state index contributed by atoms with van der Waals surface area (Å²) in [6.45, 7) is 1.59. The van der Waals surface area contributed by atoms with Gasteiger partial charge in [0.1, 0.15) is 11.7 Å². The number of nitrogens with zero attached hydrogens (tertiary/aromatic N) is 3. The number of amides is 1. The number of carbonyl (C=O) groups excluding carboxylic acids is 1. The molecule has 1 atom stereocenters. The fourth-order valence-corrected chi connectivity index (χ4v) is 2.85. The Balaban J connectivity index is 1.51. The van der Waals surface area contributed by atoms with Crippen molar-refractivity contribution in [3.63, 3.8) is 0 Å². The molecular weight excluding hydrogens is 386 g/mol. The van der Waals surface area contributed by atoms with Gasteiger partial charge in [-0.1, -0.05) is 12.1 Å². The Morgan fingerprint density at radius 3 is 2.47 bits per heavy atom. The molecule has 4 aromatic rings. The van der Waals surface area contributed by atoms with E-state index in [1.807, 2.05) is 0 Å². The minimum atomic E-state index is -0.840. The topological polar surface area (TPSA) is 123 Å². The van der Waals surface area contributed by atoms with E-state index in [9.17, 15) is 14.4 Å². The smallest absolute Gasteiger partial charge is 0.267 e. The third-order valence-electron chi connectivity index (χ3n) is 4.47. The van der Waals surface area contributed by atoms with E-state index in [0.717, 1.165) is 10.2 Å². The highest BCUT2D eigenvalue weighted by atomic mass is 16.3. The summed E-state index contributed by atoms with van der Waals surface area (Å²) < 4.78 is 6.42. The van der Waals surface area contributed by atoms with Gasteiger partial charge in [-0.2, -0.15) is 10.2 Å². The van der Waals surface area contributed by atoms with Crippen LogP contribution in [0.5, 0.6) is 0 Å². The molecule has 0 bridgehead atoms. The lowest BCUT2D eigenvalue weighted by Crippen LogP contribution is -2.33. The van der Waals surface area contributed by atoms with Gasteiger partial charge in [0.15, 0.2) is 5.76 Å². The maximum atomic E-state index is 12.7. The minimum Gasteiger partial charge on any atom is -0.463 e. The van der Waals surface area contributed by atoms with Crippen LogP contribution in [0.2, 0.25) is 0 Å². The van der Waals surface area contributed by atoms with Gasteiger partial charge in [-0.05, 0) is 43.3 Å². The van der Waals surface area contributed by atoms with E-state index in [1.165, 1.54) is 18.4 Å². The Labute approximate surface area is 170 Å². The Hall–Kier alpha value is -4.27. The van der Waals surface area contributed by atoms with Gasteiger partial charge in [0.2, 0.25) is 5.91 Å². The van der Waals surface area contributed by atoms with Gasteiger partial charge in [0.05, 0.1) is 12.0 Å². The first kappa shape index (κ1) is 19.1. The van der Waals surface area contributed by atoms with E-state index in [-0.39, 0.29) is 5.56 Å². The molecule has 0 aliphatic heterocycles. The Bertz CT molecular complexity index is 1270. The van der Waals surface area contributed by atoms with Crippen LogP contribution in [-0.2, 0) is 4.79 Å². The van der Waals surface area contributed by atoms with E-state index < -0.39 is 17.5 Å². The van der Waals surface area contributed by atoms with Gasteiger partial charge in [-0.25, -0.2) is 9.78 Å². The van der Waals surface area contributed by atoms with Gasteiger partial charge < -0.3 is 9.73 Å². The zero-order valence-electron chi connectivity index (χ0n) is 15.9. The predicted molar refractivity (Wildman–Crippen MR) is 110 cm³/mol. The zero-order valence-corrected chi connectivity index (χ0v) is 15.9. The van der Waals surface area contributed by atoms with E-state index in [2.05, 4.69) is 20.6 Å². The number of rotatable bonds is 5. The van der Waals surface area contributed by atoms with Crippen LogP contribution in [0.25, 0.3) is 22.7 Å². The lowest BCUT2D eigenvalue weighted by atomic mass is 10.1. The average molecular weight is 403 g/mol. The first-order valence-electron chi connectivity index (χ1n) is 9.12. The number of carbonyl (C=O) groups is 1. The largest absolute Gasteiger partial charge is 0.463 e. The Kier molecular flexibility index (Phi) is 5.08. The minimum absolute atomic E-state index is 0.281. The fourth-order valence-electron chi connectivity index (χ4n) is 2.85. The number of aromatic amines is 1. The highest BCUT2D eigenvalue weighted by Crippen LogP contribution is 2.20. The Morgan fingerprint density at radius 1 is 1.03 bits per heavy atom. The molecular formula is C21H17N5O4. The van der Waals surface area contributed by atoms with Crippen molar-refractivity contribution < 1.29 is 9.21 Å². The van der Waals surface area contributed by atoms with E-state index >= 15 is 0 Å². The van der Waals surface area contributed by atoms with Crippen LogP contribution >= 0.6 is 0 Å². The van der Waals surface area contributed by atoms with Crippen molar-refractivity contribution in [1.82, 2.24) is 20.0 Å². The maximum Gasteiger partial charge on any atom is 0.267 e. The van der Waals surface area contributed by atoms with Crippen LogP contribution in [0.1, 0.15) is 13.0 Å². The molecule has 0 fully saturated rings. The van der Waals surface area contributed by atoms with Crippen molar-refractivity contribution >= 4 is 11.6 Å². The summed E-state index contributed by atoms with van der Waals surface area (Å²) in [7, 11) is 0. The van der Waals surface area contributed by atoms with E-state index in [1.54, 1.807) is 55.5 Å². The van der Waals surface area contributed by atoms with Crippen LogP contribution in [0.4, 0.5) is 5.69 Å². The Morgan fingerprint density at radius 2 is 1.80 bits per heavy atom. The number of aromatic nitrogens is 4. The number of H-pyrrole nitrogens is 1. The molecule has 9 heteroatoms. The molecule has 1 unspecified atom stereocenters. The lowest BCUT2D eigenvalue weighted by molar-refractivity contribution is -0.119. The third kappa shape index (κ3) is 3.95. The lowest BCUT2D eigenvalue weighted by Gasteiger charge is -2.14.